The minimum Gasteiger partial charge on any atom is -0.508 e. The van der Waals surface area contributed by atoms with Gasteiger partial charge in [0.05, 0.1) is 23.1 Å². The van der Waals surface area contributed by atoms with Crippen LogP contribution in [0.25, 0.3) is 32.8 Å². The predicted molar refractivity (Wildman–Crippen MR) is 173 cm³/mol. The van der Waals surface area contributed by atoms with E-state index in [2.05, 4.69) is 21.0 Å². The number of terminal acetylenes is 1. The predicted octanol–water partition coefficient (Wildman–Crippen LogP) is 4.81. The van der Waals surface area contributed by atoms with Crippen molar-refractivity contribution in [3.63, 3.8) is 0 Å². The number of nitrogens with zero attached hydrogens (tertiary/aromatic N) is 4. The number of likely N-dealkylation sites (tertiary alicyclic amines) is 1. The minimum atomic E-state index is -0.610. The molecule has 2 aromatic carbocycles. The van der Waals surface area contributed by atoms with E-state index in [1.807, 2.05) is 13.8 Å². The summed E-state index contributed by atoms with van der Waals surface area (Å²) in [7, 11) is 0. The number of nitrogens with one attached hydrogen (secondary N) is 1. The van der Waals surface area contributed by atoms with Crippen LogP contribution in [0.4, 0.5) is 14.6 Å². The van der Waals surface area contributed by atoms with E-state index in [1.165, 1.54) is 24.3 Å². The lowest BCUT2D eigenvalue weighted by Crippen LogP contribution is -2.62. The van der Waals surface area contributed by atoms with Gasteiger partial charge in [0.2, 0.25) is 5.88 Å². The first-order valence-electron chi connectivity index (χ1n) is 16.3. The van der Waals surface area contributed by atoms with Crippen LogP contribution in [0.2, 0.25) is 0 Å². The molecule has 8 nitrogen and oxygen atoms in total. The van der Waals surface area contributed by atoms with Crippen molar-refractivity contribution in [2.24, 2.45) is 0 Å². The number of aliphatic hydroxyl groups is 1. The summed E-state index contributed by atoms with van der Waals surface area (Å²) < 4.78 is 39.0. The number of rotatable bonds is 5. The van der Waals surface area contributed by atoms with Gasteiger partial charge in [-0.05, 0) is 81.6 Å². The van der Waals surface area contributed by atoms with Crippen LogP contribution in [0.15, 0.2) is 24.3 Å². The van der Waals surface area contributed by atoms with Crippen molar-refractivity contribution in [2.75, 3.05) is 31.1 Å². The standard InChI is InChI=1S/C36H37F2N5O3/c1-4-24-26(37)9-7-20-14-23(45)15-25(30(20)24)33-32(38)29-18(2)27(6-5-12-42-13-11-22(44)17-42)40-35-31(29)36(41-33)46-19(3)34-28-10-8-21(39-28)16-43(34)35/h1,7,9,14-15,19,21-22,28,34,39,44-45H,5-6,8,10-13,16-17H2,2-3H3/t19-,21+,22?,28-,34+/m0/s1. The average Bonchev–Trinajstić information content (AvgIpc) is 3.60. The van der Waals surface area contributed by atoms with Crippen LogP contribution in [0.5, 0.6) is 11.6 Å². The highest BCUT2D eigenvalue weighted by Gasteiger charge is 2.47. The Morgan fingerprint density at radius 1 is 1.11 bits per heavy atom. The number of aryl methyl sites for hydroxylation is 2. The number of hydrogen-bond acceptors (Lipinski definition) is 8. The zero-order valence-electron chi connectivity index (χ0n) is 26.0. The zero-order chi connectivity index (χ0) is 31.9. The molecule has 2 aromatic heterocycles. The number of aromatic hydroxyl groups is 1. The molecule has 10 heteroatoms. The molecular weight excluding hydrogens is 588 g/mol. The maximum atomic E-state index is 17.3. The maximum absolute atomic E-state index is 17.3. The summed E-state index contributed by atoms with van der Waals surface area (Å²) in [6, 6.07) is 6.13. The van der Waals surface area contributed by atoms with Gasteiger partial charge in [0.25, 0.3) is 0 Å². The minimum absolute atomic E-state index is 0.0203. The van der Waals surface area contributed by atoms with Gasteiger partial charge in [0.15, 0.2) is 5.82 Å². The number of pyridine rings is 2. The van der Waals surface area contributed by atoms with Gasteiger partial charge in [-0.2, -0.15) is 0 Å². The van der Waals surface area contributed by atoms with Crippen LogP contribution < -0.4 is 15.0 Å². The van der Waals surface area contributed by atoms with Crippen molar-refractivity contribution < 1.29 is 23.7 Å². The Kier molecular flexibility index (Phi) is 7.05. The molecule has 6 heterocycles. The molecular formula is C36H37F2N5O3. The van der Waals surface area contributed by atoms with Crippen LogP contribution in [0.3, 0.4) is 0 Å². The number of piperazine rings is 1. The van der Waals surface area contributed by atoms with Crippen LogP contribution in [0.1, 0.15) is 49.4 Å². The number of ether oxygens (including phenoxy) is 1. The summed E-state index contributed by atoms with van der Waals surface area (Å²) in [4.78, 5) is 14.6. The first-order chi connectivity index (χ1) is 22.2. The van der Waals surface area contributed by atoms with E-state index in [0.29, 0.717) is 51.9 Å². The SMILES string of the molecule is C#Cc1c(F)ccc2cc(O)cc(-c3nc4c5c(nc(CCCN6CCC(O)C6)c(C)c5c3F)N3C[C@H]5CC[C@H](N5)[C@H]3[C@H](C)O4)c12. The fraction of sp³-hybridized carbons (Fsp3) is 0.444. The fourth-order valence-electron chi connectivity index (χ4n) is 8.36. The molecule has 0 amide bonds. The Bertz CT molecular complexity index is 1940. The lowest BCUT2D eigenvalue weighted by molar-refractivity contribution is 0.155. The molecule has 8 rings (SSSR count). The van der Waals surface area contributed by atoms with Crippen molar-refractivity contribution in [1.29, 1.82) is 0 Å². The fourth-order valence-corrected chi connectivity index (χ4v) is 8.36. The van der Waals surface area contributed by atoms with Gasteiger partial charge in [-0.1, -0.05) is 12.0 Å². The van der Waals surface area contributed by atoms with Crippen LogP contribution >= 0.6 is 0 Å². The molecule has 0 spiro atoms. The second-order valence-electron chi connectivity index (χ2n) is 13.4. The van der Waals surface area contributed by atoms with Gasteiger partial charge in [0, 0.05) is 53.7 Å². The Labute approximate surface area is 266 Å². The Morgan fingerprint density at radius 3 is 2.74 bits per heavy atom. The number of hydrogen-bond donors (Lipinski definition) is 3. The van der Waals surface area contributed by atoms with E-state index in [-0.39, 0.29) is 52.7 Å². The zero-order valence-corrected chi connectivity index (χ0v) is 26.0. The summed E-state index contributed by atoms with van der Waals surface area (Å²) in [5.74, 6) is 2.07. The molecule has 5 atom stereocenters. The van der Waals surface area contributed by atoms with E-state index < -0.39 is 11.6 Å². The van der Waals surface area contributed by atoms with Crippen molar-refractivity contribution in [3.8, 4) is 35.2 Å². The summed E-state index contributed by atoms with van der Waals surface area (Å²) >= 11 is 0. The van der Waals surface area contributed by atoms with Crippen molar-refractivity contribution in [1.82, 2.24) is 20.2 Å². The molecule has 3 N–H and O–H groups in total. The first-order valence-corrected chi connectivity index (χ1v) is 16.3. The van der Waals surface area contributed by atoms with Crippen LogP contribution in [0, 0.1) is 30.9 Å². The highest BCUT2D eigenvalue weighted by Crippen LogP contribution is 2.47. The number of phenolic OH excluding ortho intramolecular Hbond substituents is 1. The number of aliphatic hydroxyl groups excluding tert-OH is 1. The Morgan fingerprint density at radius 2 is 1.96 bits per heavy atom. The van der Waals surface area contributed by atoms with Gasteiger partial charge >= 0.3 is 0 Å². The number of phenols is 1. The maximum Gasteiger partial charge on any atom is 0.226 e. The largest absolute Gasteiger partial charge is 0.508 e. The third-order valence-corrected chi connectivity index (χ3v) is 10.5. The summed E-state index contributed by atoms with van der Waals surface area (Å²) in [6.07, 6.45) is 9.49. The first kappa shape index (κ1) is 29.4. The molecule has 4 aliphatic rings. The molecule has 3 saturated heterocycles. The Hall–Kier alpha value is -4.04. The lowest BCUT2D eigenvalue weighted by Gasteiger charge is -2.43. The monoisotopic (exact) mass is 625 g/mol. The quantitative estimate of drug-likeness (QED) is 0.272. The summed E-state index contributed by atoms with van der Waals surface area (Å²) in [5, 5.41) is 26.1. The van der Waals surface area contributed by atoms with Gasteiger partial charge in [-0.15, -0.1) is 6.42 Å². The van der Waals surface area contributed by atoms with Crippen molar-refractivity contribution >= 4 is 27.4 Å². The van der Waals surface area contributed by atoms with Crippen molar-refractivity contribution in [3.05, 3.63) is 52.7 Å². The number of benzene rings is 2. The molecule has 46 heavy (non-hydrogen) atoms. The number of aromatic nitrogens is 2. The summed E-state index contributed by atoms with van der Waals surface area (Å²) in [6.45, 7) is 6.99. The normalized spacial score (nSPS) is 25.5. The van der Waals surface area contributed by atoms with Crippen LogP contribution in [-0.4, -0.2) is 81.6 Å². The molecule has 0 aliphatic carbocycles. The van der Waals surface area contributed by atoms with Gasteiger partial charge in [-0.3, -0.25) is 0 Å². The molecule has 238 valence electrons. The molecule has 0 radical (unpaired) electrons. The highest BCUT2D eigenvalue weighted by atomic mass is 19.1. The third-order valence-electron chi connectivity index (χ3n) is 10.5. The van der Waals surface area contributed by atoms with E-state index in [1.54, 1.807) is 0 Å². The number of β-amino-alcohol motifs (C(OH)–C–C–N with tert-alkyl or cyclic N) is 1. The number of halogens is 2. The smallest absolute Gasteiger partial charge is 0.226 e. The molecule has 4 aromatic rings. The molecule has 1 unspecified atom stereocenters. The Balaban J connectivity index is 1.35. The second-order valence-corrected chi connectivity index (χ2v) is 13.4. The van der Waals surface area contributed by atoms with Gasteiger partial charge in [0.1, 0.15) is 29.2 Å². The van der Waals surface area contributed by atoms with E-state index >= 15 is 8.78 Å². The second kappa shape index (κ2) is 11.0. The van der Waals surface area contributed by atoms with E-state index in [9.17, 15) is 10.2 Å². The van der Waals surface area contributed by atoms with E-state index in [0.717, 1.165) is 51.0 Å². The molecule has 0 saturated carbocycles. The summed E-state index contributed by atoms with van der Waals surface area (Å²) in [5.41, 5.74) is 1.62. The molecule has 2 bridgehead atoms. The number of anilines is 1. The van der Waals surface area contributed by atoms with Gasteiger partial charge < -0.3 is 30.1 Å². The van der Waals surface area contributed by atoms with E-state index in [4.69, 9.17) is 21.1 Å². The highest BCUT2D eigenvalue weighted by molar-refractivity contribution is 6.06. The topological polar surface area (TPSA) is 94.0 Å². The molecule has 3 fully saturated rings. The van der Waals surface area contributed by atoms with Gasteiger partial charge in [-0.25, -0.2) is 18.7 Å². The number of fused-ring (bicyclic) bond motifs is 6. The average molecular weight is 626 g/mol. The molecule has 4 aliphatic heterocycles. The van der Waals surface area contributed by atoms with Crippen LogP contribution in [-0.2, 0) is 6.42 Å². The lowest BCUT2D eigenvalue weighted by atomic mass is 9.94. The third kappa shape index (κ3) is 4.59. The van der Waals surface area contributed by atoms with Crippen molar-refractivity contribution in [2.45, 2.75) is 76.3 Å².